The second-order valence-corrected chi connectivity index (χ2v) is 7.19. The third-order valence-corrected chi connectivity index (χ3v) is 4.94. The molecule has 6 nitrogen and oxygen atoms in total. The molecule has 26 heavy (non-hydrogen) atoms. The molecule has 1 saturated carbocycles. The Morgan fingerprint density at radius 1 is 1.38 bits per heavy atom. The monoisotopic (exact) mass is 426 g/mol. The van der Waals surface area contributed by atoms with Gasteiger partial charge in [-0.15, -0.1) is 0 Å². The Bertz CT molecular complexity index is 764. The first-order valence-electron chi connectivity index (χ1n) is 8.35. The van der Waals surface area contributed by atoms with Crippen LogP contribution in [-0.4, -0.2) is 43.3 Å². The third-order valence-electron chi connectivity index (χ3n) is 4.45. The summed E-state index contributed by atoms with van der Waals surface area (Å²) in [5, 5.41) is 2.76. The second-order valence-electron chi connectivity index (χ2n) is 6.28. The fourth-order valence-corrected chi connectivity index (χ4v) is 3.44. The number of amides is 2. The molecule has 1 aromatic rings. The van der Waals surface area contributed by atoms with Crippen molar-refractivity contribution in [3.05, 3.63) is 45.3 Å². The van der Waals surface area contributed by atoms with Crippen molar-refractivity contribution in [3.63, 3.8) is 0 Å². The van der Waals surface area contributed by atoms with E-state index in [-0.39, 0.29) is 36.4 Å². The van der Waals surface area contributed by atoms with Gasteiger partial charge in [0.15, 0.2) is 0 Å². The van der Waals surface area contributed by atoms with Crippen molar-refractivity contribution in [1.82, 2.24) is 10.2 Å². The van der Waals surface area contributed by atoms with Gasteiger partial charge in [0.2, 0.25) is 0 Å². The van der Waals surface area contributed by atoms with Crippen molar-refractivity contribution in [1.29, 1.82) is 0 Å². The van der Waals surface area contributed by atoms with Crippen LogP contribution in [0.25, 0.3) is 0 Å². The van der Waals surface area contributed by atoms with E-state index in [1.165, 1.54) is 13.2 Å². The predicted molar refractivity (Wildman–Crippen MR) is 95.8 cm³/mol. The number of hydrogen-bond acceptors (Lipinski definition) is 4. The minimum absolute atomic E-state index is 0.0741. The second kappa shape index (κ2) is 7.75. The number of nitrogens with one attached hydrogen (secondary N) is 1. The number of allylic oxidation sites excluding steroid dienone is 1. The number of rotatable bonds is 6. The van der Waals surface area contributed by atoms with E-state index in [1.807, 2.05) is 0 Å². The molecule has 1 N–H and O–H groups in total. The van der Waals surface area contributed by atoms with E-state index in [9.17, 15) is 14.0 Å². The van der Waals surface area contributed by atoms with Crippen molar-refractivity contribution >= 4 is 27.9 Å². The van der Waals surface area contributed by atoms with E-state index in [0.717, 1.165) is 12.8 Å². The zero-order chi connectivity index (χ0) is 18.8. The standard InChI is InChI=1S/C18H20BrFN2O4/c1-10-15(17(23)26-8-7-25-2)16(13-9-11(19)3-6-14(13)20)21-18(24)22(10)12-4-5-12/h3,6,9,12,16H,4-5,7-8H2,1-2H3,(H,21,24). The minimum Gasteiger partial charge on any atom is -0.460 e. The Balaban J connectivity index is 2.01. The van der Waals surface area contributed by atoms with Gasteiger partial charge in [0.1, 0.15) is 12.4 Å². The summed E-state index contributed by atoms with van der Waals surface area (Å²) >= 11 is 3.31. The molecular formula is C18H20BrFN2O4. The summed E-state index contributed by atoms with van der Waals surface area (Å²) in [6.07, 6.45) is 1.76. The number of ether oxygens (including phenoxy) is 2. The average molecular weight is 427 g/mol. The number of carbonyl (C=O) groups is 2. The molecule has 1 fully saturated rings. The molecule has 140 valence electrons. The largest absolute Gasteiger partial charge is 0.460 e. The van der Waals surface area contributed by atoms with E-state index in [4.69, 9.17) is 9.47 Å². The molecule has 1 atom stereocenters. The Labute approximate surface area is 159 Å². The summed E-state index contributed by atoms with van der Waals surface area (Å²) in [5.41, 5.74) is 0.953. The van der Waals surface area contributed by atoms with Crippen molar-refractivity contribution in [3.8, 4) is 0 Å². The maximum absolute atomic E-state index is 14.4. The van der Waals surface area contributed by atoms with E-state index in [0.29, 0.717) is 10.2 Å². The van der Waals surface area contributed by atoms with Crippen LogP contribution < -0.4 is 5.32 Å². The third kappa shape index (κ3) is 3.76. The molecule has 1 aromatic carbocycles. The van der Waals surface area contributed by atoms with Crippen LogP contribution in [0.5, 0.6) is 0 Å². The maximum atomic E-state index is 14.4. The fraction of sp³-hybridized carbons (Fsp3) is 0.444. The molecule has 1 aliphatic heterocycles. The number of benzene rings is 1. The summed E-state index contributed by atoms with van der Waals surface area (Å²) in [7, 11) is 1.51. The fourth-order valence-electron chi connectivity index (χ4n) is 3.06. The summed E-state index contributed by atoms with van der Waals surface area (Å²) in [6.45, 7) is 2.04. The first-order valence-corrected chi connectivity index (χ1v) is 9.14. The zero-order valence-corrected chi connectivity index (χ0v) is 16.1. The van der Waals surface area contributed by atoms with Gasteiger partial charge in [0.25, 0.3) is 0 Å². The van der Waals surface area contributed by atoms with Crippen LogP contribution >= 0.6 is 15.9 Å². The van der Waals surface area contributed by atoms with E-state index >= 15 is 0 Å². The minimum atomic E-state index is -0.912. The molecule has 1 heterocycles. The number of carbonyl (C=O) groups excluding carboxylic acids is 2. The lowest BCUT2D eigenvalue weighted by atomic mass is 9.94. The average Bonchev–Trinajstić information content (AvgIpc) is 3.41. The highest BCUT2D eigenvalue weighted by Gasteiger charge is 2.43. The number of methoxy groups -OCH3 is 1. The van der Waals surface area contributed by atoms with Gasteiger partial charge >= 0.3 is 12.0 Å². The van der Waals surface area contributed by atoms with Crippen molar-refractivity contribution in [2.24, 2.45) is 0 Å². The Morgan fingerprint density at radius 2 is 2.12 bits per heavy atom. The van der Waals surface area contributed by atoms with Gasteiger partial charge in [-0.1, -0.05) is 15.9 Å². The lowest BCUT2D eigenvalue weighted by molar-refractivity contribution is -0.140. The zero-order valence-electron chi connectivity index (χ0n) is 14.6. The molecule has 0 spiro atoms. The van der Waals surface area contributed by atoms with Gasteiger partial charge in [-0.2, -0.15) is 0 Å². The molecule has 0 radical (unpaired) electrons. The van der Waals surface area contributed by atoms with Crippen molar-refractivity contribution in [2.75, 3.05) is 20.3 Å². The Hall–Kier alpha value is -1.93. The van der Waals surface area contributed by atoms with Crippen LogP contribution in [0.15, 0.2) is 33.9 Å². The summed E-state index contributed by atoms with van der Waals surface area (Å²) < 4.78 is 25.3. The first kappa shape index (κ1) is 18.8. The molecule has 1 aliphatic carbocycles. The topological polar surface area (TPSA) is 67.9 Å². The van der Waals surface area contributed by atoms with Gasteiger partial charge in [0.05, 0.1) is 18.2 Å². The van der Waals surface area contributed by atoms with Crippen LogP contribution in [0, 0.1) is 5.82 Å². The summed E-state index contributed by atoms with van der Waals surface area (Å²) in [5.74, 6) is -1.09. The van der Waals surface area contributed by atoms with Gasteiger partial charge in [-0.3, -0.25) is 4.90 Å². The summed E-state index contributed by atoms with van der Waals surface area (Å²) in [4.78, 5) is 26.8. The Morgan fingerprint density at radius 3 is 2.77 bits per heavy atom. The number of urea groups is 1. The van der Waals surface area contributed by atoms with Gasteiger partial charge < -0.3 is 14.8 Å². The van der Waals surface area contributed by atoms with E-state index in [2.05, 4.69) is 21.2 Å². The van der Waals surface area contributed by atoms with Crippen LogP contribution in [0.3, 0.4) is 0 Å². The first-order chi connectivity index (χ1) is 12.4. The molecule has 3 rings (SSSR count). The molecular weight excluding hydrogens is 407 g/mol. The smallest absolute Gasteiger partial charge is 0.338 e. The molecule has 0 aromatic heterocycles. The van der Waals surface area contributed by atoms with Gasteiger partial charge in [0, 0.05) is 28.9 Å². The molecule has 8 heteroatoms. The van der Waals surface area contributed by atoms with Crippen LogP contribution in [0.4, 0.5) is 9.18 Å². The quantitative estimate of drug-likeness (QED) is 0.559. The number of halogens is 2. The van der Waals surface area contributed by atoms with Gasteiger partial charge in [-0.05, 0) is 38.0 Å². The summed E-state index contributed by atoms with van der Waals surface area (Å²) in [6, 6.07) is 3.25. The molecule has 2 aliphatic rings. The van der Waals surface area contributed by atoms with Crippen LogP contribution in [0.1, 0.15) is 31.4 Å². The molecule has 0 saturated heterocycles. The van der Waals surface area contributed by atoms with E-state index in [1.54, 1.807) is 24.0 Å². The normalized spacial score (nSPS) is 20.2. The van der Waals surface area contributed by atoms with Crippen molar-refractivity contribution in [2.45, 2.75) is 31.8 Å². The van der Waals surface area contributed by atoms with Crippen LogP contribution in [0.2, 0.25) is 0 Å². The lowest BCUT2D eigenvalue weighted by Gasteiger charge is -2.35. The van der Waals surface area contributed by atoms with Crippen molar-refractivity contribution < 1.29 is 23.5 Å². The lowest BCUT2D eigenvalue weighted by Crippen LogP contribution is -2.49. The molecule has 2 amide bonds. The highest BCUT2D eigenvalue weighted by Crippen LogP contribution is 2.38. The van der Waals surface area contributed by atoms with Crippen LogP contribution in [-0.2, 0) is 14.3 Å². The van der Waals surface area contributed by atoms with Gasteiger partial charge in [-0.25, -0.2) is 14.0 Å². The SMILES string of the molecule is COCCOC(=O)C1=C(C)N(C2CC2)C(=O)NC1c1cc(Br)ccc1F. The highest BCUT2D eigenvalue weighted by molar-refractivity contribution is 9.10. The predicted octanol–water partition coefficient (Wildman–Crippen LogP) is 3.28. The number of hydrogen-bond donors (Lipinski definition) is 1. The molecule has 0 bridgehead atoms. The highest BCUT2D eigenvalue weighted by atomic mass is 79.9. The van der Waals surface area contributed by atoms with E-state index < -0.39 is 17.8 Å². The number of esters is 1. The molecule has 1 unspecified atom stereocenters. The maximum Gasteiger partial charge on any atom is 0.338 e. The Kier molecular flexibility index (Phi) is 5.62. The number of nitrogens with zero attached hydrogens (tertiary/aromatic N) is 1.